The maximum absolute atomic E-state index is 11.5. The molecule has 0 aromatic heterocycles. The van der Waals surface area contributed by atoms with E-state index in [0.717, 1.165) is 0 Å². The van der Waals surface area contributed by atoms with Gasteiger partial charge >= 0.3 is 0 Å². The third kappa shape index (κ3) is 2.47. The van der Waals surface area contributed by atoms with Crippen molar-refractivity contribution in [2.24, 2.45) is 0 Å². The number of carbonyl (C=O) groups is 2. The van der Waals surface area contributed by atoms with Gasteiger partial charge in [0.1, 0.15) is 0 Å². The Balaban J connectivity index is 2.11. The molecule has 2 rings (SSSR count). The van der Waals surface area contributed by atoms with Crippen LogP contribution in [-0.2, 0) is 16.1 Å². The fourth-order valence-electron chi connectivity index (χ4n) is 1.64. The summed E-state index contributed by atoms with van der Waals surface area (Å²) in [5, 5.41) is 20.9. The lowest BCUT2D eigenvalue weighted by atomic mass is 10.1. The summed E-state index contributed by atoms with van der Waals surface area (Å²) in [6.45, 7) is 0.253. The molecule has 0 unspecified atom stereocenters. The van der Waals surface area contributed by atoms with Crippen LogP contribution in [-0.4, -0.2) is 40.0 Å². The summed E-state index contributed by atoms with van der Waals surface area (Å²) in [4.78, 5) is 24.0. The third-order valence-electron chi connectivity index (χ3n) is 2.54. The van der Waals surface area contributed by atoms with E-state index < -0.39 is 0 Å². The number of phenols is 2. The van der Waals surface area contributed by atoms with Crippen molar-refractivity contribution in [2.75, 3.05) is 13.1 Å². The average molecular weight is 236 g/mol. The number of aromatic hydroxyl groups is 2. The Morgan fingerprint density at radius 2 is 2.00 bits per heavy atom. The molecule has 1 aliphatic heterocycles. The second-order valence-electron chi connectivity index (χ2n) is 3.85. The first-order valence-electron chi connectivity index (χ1n) is 5.11. The van der Waals surface area contributed by atoms with Crippen molar-refractivity contribution in [3.63, 3.8) is 0 Å². The standard InChI is InChI=1S/C11H12N2O4/c14-8-2-1-7(3-9(8)15)5-13-6-10(16)12-4-11(13)17/h1-3,14-15H,4-6H2,(H,12,16). The van der Waals surface area contributed by atoms with Gasteiger partial charge in [0.25, 0.3) is 0 Å². The molecule has 1 aromatic rings. The van der Waals surface area contributed by atoms with Crippen LogP contribution in [0.2, 0.25) is 0 Å². The maximum Gasteiger partial charge on any atom is 0.242 e. The summed E-state index contributed by atoms with van der Waals surface area (Å²) >= 11 is 0. The van der Waals surface area contributed by atoms with E-state index in [1.807, 2.05) is 0 Å². The number of nitrogens with zero attached hydrogens (tertiary/aromatic N) is 1. The highest BCUT2D eigenvalue weighted by Gasteiger charge is 2.23. The van der Waals surface area contributed by atoms with Crippen LogP contribution in [0.25, 0.3) is 0 Å². The van der Waals surface area contributed by atoms with E-state index in [1.165, 1.54) is 17.0 Å². The number of piperazine rings is 1. The fourth-order valence-corrected chi connectivity index (χ4v) is 1.64. The van der Waals surface area contributed by atoms with Crippen LogP contribution in [0.4, 0.5) is 0 Å². The molecule has 6 heteroatoms. The second-order valence-corrected chi connectivity index (χ2v) is 3.85. The van der Waals surface area contributed by atoms with Crippen molar-refractivity contribution in [3.8, 4) is 11.5 Å². The molecular formula is C11H12N2O4. The molecular weight excluding hydrogens is 224 g/mol. The first kappa shape index (κ1) is 11.3. The smallest absolute Gasteiger partial charge is 0.242 e. The molecule has 0 bridgehead atoms. The molecule has 1 aliphatic rings. The van der Waals surface area contributed by atoms with Crippen molar-refractivity contribution >= 4 is 11.8 Å². The normalized spacial score (nSPS) is 15.9. The molecule has 0 spiro atoms. The number of carbonyl (C=O) groups excluding carboxylic acids is 2. The summed E-state index contributed by atoms with van der Waals surface area (Å²) in [5.74, 6) is -0.822. The van der Waals surface area contributed by atoms with Crippen LogP contribution in [0, 0.1) is 0 Å². The largest absolute Gasteiger partial charge is 0.504 e. The zero-order chi connectivity index (χ0) is 12.4. The molecule has 90 valence electrons. The molecule has 0 radical (unpaired) electrons. The molecule has 1 aromatic carbocycles. The van der Waals surface area contributed by atoms with E-state index in [9.17, 15) is 14.7 Å². The summed E-state index contributed by atoms with van der Waals surface area (Å²) in [7, 11) is 0. The van der Waals surface area contributed by atoms with E-state index >= 15 is 0 Å². The number of hydrogen-bond acceptors (Lipinski definition) is 4. The monoisotopic (exact) mass is 236 g/mol. The third-order valence-corrected chi connectivity index (χ3v) is 2.54. The van der Waals surface area contributed by atoms with Crippen molar-refractivity contribution in [3.05, 3.63) is 23.8 Å². The highest BCUT2D eigenvalue weighted by molar-refractivity contribution is 5.92. The van der Waals surface area contributed by atoms with Gasteiger partial charge in [-0.25, -0.2) is 0 Å². The molecule has 1 fully saturated rings. The zero-order valence-corrected chi connectivity index (χ0v) is 9.01. The van der Waals surface area contributed by atoms with Gasteiger partial charge in [-0.15, -0.1) is 0 Å². The van der Waals surface area contributed by atoms with E-state index in [2.05, 4.69) is 5.32 Å². The molecule has 1 saturated heterocycles. The van der Waals surface area contributed by atoms with Crippen LogP contribution in [0.15, 0.2) is 18.2 Å². The number of nitrogens with one attached hydrogen (secondary N) is 1. The lowest BCUT2D eigenvalue weighted by molar-refractivity contribution is -0.141. The predicted molar refractivity (Wildman–Crippen MR) is 58.2 cm³/mol. The summed E-state index contributed by atoms with van der Waals surface area (Å²) in [6.07, 6.45) is 0. The minimum Gasteiger partial charge on any atom is -0.504 e. The van der Waals surface area contributed by atoms with Crippen LogP contribution >= 0.6 is 0 Å². The quantitative estimate of drug-likeness (QED) is 0.607. The van der Waals surface area contributed by atoms with Gasteiger partial charge in [-0.2, -0.15) is 0 Å². The lowest BCUT2D eigenvalue weighted by Crippen LogP contribution is -2.50. The summed E-state index contributed by atoms with van der Waals surface area (Å²) in [5.41, 5.74) is 0.656. The Morgan fingerprint density at radius 3 is 2.71 bits per heavy atom. The van der Waals surface area contributed by atoms with E-state index in [4.69, 9.17) is 5.11 Å². The topological polar surface area (TPSA) is 89.9 Å². The Hall–Kier alpha value is -2.24. The molecule has 6 nitrogen and oxygen atoms in total. The molecule has 0 aliphatic carbocycles. The fraction of sp³-hybridized carbons (Fsp3) is 0.273. The molecule has 1 heterocycles. The molecule has 3 N–H and O–H groups in total. The molecule has 17 heavy (non-hydrogen) atoms. The van der Waals surface area contributed by atoms with Gasteiger partial charge in [0.05, 0.1) is 13.1 Å². The van der Waals surface area contributed by atoms with Crippen LogP contribution in [0.1, 0.15) is 5.56 Å². The maximum atomic E-state index is 11.5. The molecule has 2 amide bonds. The van der Waals surface area contributed by atoms with Gasteiger partial charge in [0.2, 0.25) is 11.8 Å². The van der Waals surface area contributed by atoms with Crippen molar-refractivity contribution in [1.29, 1.82) is 0 Å². The van der Waals surface area contributed by atoms with Gasteiger partial charge < -0.3 is 20.4 Å². The highest BCUT2D eigenvalue weighted by Crippen LogP contribution is 2.25. The van der Waals surface area contributed by atoms with Gasteiger partial charge in [0.15, 0.2) is 11.5 Å². The zero-order valence-electron chi connectivity index (χ0n) is 9.01. The van der Waals surface area contributed by atoms with Crippen LogP contribution in [0.3, 0.4) is 0 Å². The Kier molecular flexibility index (Phi) is 2.86. The highest BCUT2D eigenvalue weighted by atomic mass is 16.3. The predicted octanol–water partition coefficient (Wildman–Crippen LogP) is -0.444. The molecule has 0 atom stereocenters. The Morgan fingerprint density at radius 1 is 1.24 bits per heavy atom. The SMILES string of the molecule is O=C1CN(Cc2ccc(O)c(O)c2)C(=O)CN1. The van der Waals surface area contributed by atoms with Gasteiger partial charge in [-0.05, 0) is 17.7 Å². The van der Waals surface area contributed by atoms with Crippen molar-refractivity contribution < 1.29 is 19.8 Å². The minimum absolute atomic E-state index is 0.00288. The van der Waals surface area contributed by atoms with Crippen LogP contribution in [0.5, 0.6) is 11.5 Å². The first-order chi connectivity index (χ1) is 8.06. The molecule has 0 saturated carbocycles. The number of amides is 2. The van der Waals surface area contributed by atoms with E-state index in [-0.39, 0.29) is 42.9 Å². The first-order valence-corrected chi connectivity index (χ1v) is 5.11. The van der Waals surface area contributed by atoms with E-state index in [0.29, 0.717) is 5.56 Å². The summed E-state index contributed by atoms with van der Waals surface area (Å²) in [6, 6.07) is 4.31. The van der Waals surface area contributed by atoms with Gasteiger partial charge in [-0.3, -0.25) is 9.59 Å². The lowest BCUT2D eigenvalue weighted by Gasteiger charge is -2.26. The van der Waals surface area contributed by atoms with Crippen molar-refractivity contribution in [1.82, 2.24) is 10.2 Å². The Labute approximate surface area is 97.5 Å². The van der Waals surface area contributed by atoms with Gasteiger partial charge in [-0.1, -0.05) is 6.07 Å². The second kappa shape index (κ2) is 4.32. The average Bonchev–Trinajstić information content (AvgIpc) is 2.29. The van der Waals surface area contributed by atoms with Gasteiger partial charge in [0, 0.05) is 6.54 Å². The van der Waals surface area contributed by atoms with Crippen molar-refractivity contribution in [2.45, 2.75) is 6.54 Å². The number of hydrogen-bond donors (Lipinski definition) is 3. The number of benzene rings is 1. The minimum atomic E-state index is -0.239. The summed E-state index contributed by atoms with van der Waals surface area (Å²) < 4.78 is 0. The Bertz CT molecular complexity index is 473. The number of phenolic OH excluding ortho intramolecular Hbond substituents is 2. The van der Waals surface area contributed by atoms with Crippen LogP contribution < -0.4 is 5.32 Å². The number of rotatable bonds is 2. The van der Waals surface area contributed by atoms with E-state index in [1.54, 1.807) is 6.07 Å².